The Morgan fingerprint density at radius 1 is 1.56 bits per heavy atom. The lowest BCUT2D eigenvalue weighted by Gasteiger charge is -2.16. The Balaban J connectivity index is 1.92. The summed E-state index contributed by atoms with van der Waals surface area (Å²) in [6.07, 6.45) is 4.99. The molecule has 1 amide bonds. The van der Waals surface area contributed by atoms with Crippen LogP contribution in [0.25, 0.3) is 0 Å². The number of rotatable bonds is 3. The monoisotopic (exact) mass is 220 g/mol. The van der Waals surface area contributed by atoms with Crippen molar-refractivity contribution in [2.75, 3.05) is 6.61 Å². The Morgan fingerprint density at radius 3 is 2.94 bits per heavy atom. The summed E-state index contributed by atoms with van der Waals surface area (Å²) < 4.78 is 5.33. The van der Waals surface area contributed by atoms with Gasteiger partial charge < -0.3 is 10.1 Å². The van der Waals surface area contributed by atoms with Crippen LogP contribution in [0.1, 0.15) is 31.4 Å². The van der Waals surface area contributed by atoms with Crippen LogP contribution >= 0.6 is 0 Å². The lowest BCUT2D eigenvalue weighted by molar-refractivity contribution is -0.130. The van der Waals surface area contributed by atoms with E-state index in [0.717, 1.165) is 18.4 Å². The van der Waals surface area contributed by atoms with Gasteiger partial charge in [-0.25, -0.2) is 0 Å². The molecule has 0 unspecified atom stereocenters. The normalized spacial score (nSPS) is 21.7. The smallest absolute Gasteiger partial charge is 0.249 e. The van der Waals surface area contributed by atoms with Crippen LogP contribution in [0.3, 0.4) is 0 Å². The van der Waals surface area contributed by atoms with Crippen molar-refractivity contribution in [3.05, 3.63) is 30.1 Å². The predicted octanol–water partition coefficient (Wildman–Crippen LogP) is 1.44. The number of amides is 1. The average Bonchev–Trinajstić information content (AvgIpc) is 2.83. The quantitative estimate of drug-likeness (QED) is 0.838. The fourth-order valence-electron chi connectivity index (χ4n) is 1.83. The summed E-state index contributed by atoms with van der Waals surface area (Å²) in [6.45, 7) is 2.66. The molecule has 2 heterocycles. The Morgan fingerprint density at radius 2 is 2.31 bits per heavy atom. The molecule has 1 aromatic rings. The minimum atomic E-state index is -0.260. The molecule has 4 nitrogen and oxygen atoms in total. The molecule has 0 bridgehead atoms. The Kier molecular flexibility index (Phi) is 3.51. The van der Waals surface area contributed by atoms with E-state index in [9.17, 15) is 4.79 Å². The van der Waals surface area contributed by atoms with E-state index in [1.165, 1.54) is 0 Å². The first kappa shape index (κ1) is 11.1. The maximum Gasteiger partial charge on any atom is 0.249 e. The highest BCUT2D eigenvalue weighted by molar-refractivity contribution is 5.81. The molecule has 2 atom stereocenters. The molecule has 0 aromatic carbocycles. The third-order valence-corrected chi connectivity index (χ3v) is 2.79. The second-order valence-corrected chi connectivity index (χ2v) is 4.01. The maximum atomic E-state index is 11.8. The molecule has 1 fully saturated rings. The van der Waals surface area contributed by atoms with Crippen LogP contribution in [-0.4, -0.2) is 23.6 Å². The molecule has 86 valence electrons. The van der Waals surface area contributed by atoms with Crippen molar-refractivity contribution in [3.63, 3.8) is 0 Å². The lowest BCUT2D eigenvalue weighted by atomic mass is 10.1. The molecular weight excluding hydrogens is 204 g/mol. The van der Waals surface area contributed by atoms with Gasteiger partial charge in [0.15, 0.2) is 0 Å². The molecule has 0 spiro atoms. The number of carbonyl (C=O) groups excluding carboxylic acids is 1. The topological polar surface area (TPSA) is 51.2 Å². The van der Waals surface area contributed by atoms with Gasteiger partial charge >= 0.3 is 0 Å². The summed E-state index contributed by atoms with van der Waals surface area (Å²) in [5, 5.41) is 2.95. The van der Waals surface area contributed by atoms with Crippen LogP contribution in [0, 0.1) is 0 Å². The van der Waals surface area contributed by atoms with Crippen molar-refractivity contribution >= 4 is 5.91 Å². The average molecular weight is 220 g/mol. The lowest BCUT2D eigenvalue weighted by Crippen LogP contribution is -2.35. The first-order chi connectivity index (χ1) is 7.77. The van der Waals surface area contributed by atoms with Gasteiger partial charge in [0.25, 0.3) is 0 Å². The van der Waals surface area contributed by atoms with Crippen LogP contribution < -0.4 is 5.32 Å². The summed E-state index contributed by atoms with van der Waals surface area (Å²) in [5.74, 6) is -0.0122. The molecule has 16 heavy (non-hydrogen) atoms. The molecule has 0 radical (unpaired) electrons. The summed E-state index contributed by atoms with van der Waals surface area (Å²) in [4.78, 5) is 15.7. The molecule has 1 aliphatic rings. The van der Waals surface area contributed by atoms with E-state index in [-0.39, 0.29) is 18.1 Å². The van der Waals surface area contributed by atoms with E-state index in [1.807, 2.05) is 19.1 Å². The van der Waals surface area contributed by atoms with E-state index >= 15 is 0 Å². The highest BCUT2D eigenvalue weighted by Gasteiger charge is 2.24. The number of nitrogens with zero attached hydrogens (tertiary/aromatic N) is 1. The van der Waals surface area contributed by atoms with Gasteiger partial charge in [-0.2, -0.15) is 0 Å². The summed E-state index contributed by atoms with van der Waals surface area (Å²) in [7, 11) is 0. The summed E-state index contributed by atoms with van der Waals surface area (Å²) >= 11 is 0. The molecule has 1 aromatic heterocycles. The number of nitrogens with one attached hydrogen (secondary N) is 1. The predicted molar refractivity (Wildman–Crippen MR) is 59.8 cm³/mol. The number of hydrogen-bond acceptors (Lipinski definition) is 3. The van der Waals surface area contributed by atoms with Crippen molar-refractivity contribution < 1.29 is 9.53 Å². The van der Waals surface area contributed by atoms with Gasteiger partial charge in [-0.3, -0.25) is 9.78 Å². The highest BCUT2D eigenvalue weighted by atomic mass is 16.5. The number of hydrogen-bond donors (Lipinski definition) is 1. The van der Waals surface area contributed by atoms with Crippen LogP contribution in [0.4, 0.5) is 0 Å². The Labute approximate surface area is 95.0 Å². The van der Waals surface area contributed by atoms with Crippen LogP contribution in [0.5, 0.6) is 0 Å². The fraction of sp³-hybridized carbons (Fsp3) is 0.500. The number of pyridine rings is 1. The van der Waals surface area contributed by atoms with Gasteiger partial charge in [0.1, 0.15) is 6.10 Å². The Bertz CT molecular complexity index is 347. The standard InChI is InChI=1S/C12H16N2O2/c1-9(10-4-6-13-7-5-10)14-12(15)11-3-2-8-16-11/h4-7,9,11H,2-3,8H2,1H3,(H,14,15)/t9-,11-/m0/s1. The van der Waals surface area contributed by atoms with Gasteiger partial charge in [0, 0.05) is 19.0 Å². The molecule has 1 saturated heterocycles. The van der Waals surface area contributed by atoms with Crippen molar-refractivity contribution in [3.8, 4) is 0 Å². The van der Waals surface area contributed by atoms with Crippen LogP contribution in [0.15, 0.2) is 24.5 Å². The van der Waals surface area contributed by atoms with Crippen molar-refractivity contribution in [2.45, 2.75) is 31.9 Å². The minimum Gasteiger partial charge on any atom is -0.368 e. The van der Waals surface area contributed by atoms with Crippen molar-refractivity contribution in [1.29, 1.82) is 0 Å². The zero-order chi connectivity index (χ0) is 11.4. The largest absolute Gasteiger partial charge is 0.368 e. The molecule has 4 heteroatoms. The SMILES string of the molecule is C[C@H](NC(=O)[C@@H]1CCCO1)c1ccncc1. The van der Waals surface area contributed by atoms with E-state index in [0.29, 0.717) is 6.61 Å². The minimum absolute atomic E-state index is 0.000278. The van der Waals surface area contributed by atoms with E-state index in [4.69, 9.17) is 4.74 Å². The third-order valence-electron chi connectivity index (χ3n) is 2.79. The van der Waals surface area contributed by atoms with Gasteiger partial charge in [-0.1, -0.05) is 0 Å². The summed E-state index contributed by atoms with van der Waals surface area (Å²) in [5.41, 5.74) is 1.06. The zero-order valence-electron chi connectivity index (χ0n) is 9.35. The van der Waals surface area contributed by atoms with E-state index in [2.05, 4.69) is 10.3 Å². The second kappa shape index (κ2) is 5.07. The fourth-order valence-corrected chi connectivity index (χ4v) is 1.83. The number of ether oxygens (including phenoxy) is 1. The third kappa shape index (κ3) is 2.58. The number of carbonyl (C=O) groups is 1. The first-order valence-corrected chi connectivity index (χ1v) is 5.59. The van der Waals surface area contributed by atoms with Crippen LogP contribution in [-0.2, 0) is 9.53 Å². The zero-order valence-corrected chi connectivity index (χ0v) is 9.35. The summed E-state index contributed by atoms with van der Waals surface area (Å²) in [6, 6.07) is 3.81. The highest BCUT2D eigenvalue weighted by Crippen LogP contribution is 2.15. The maximum absolute atomic E-state index is 11.8. The molecule has 0 saturated carbocycles. The molecular formula is C12H16N2O2. The van der Waals surface area contributed by atoms with Gasteiger partial charge in [-0.05, 0) is 37.5 Å². The van der Waals surface area contributed by atoms with Crippen molar-refractivity contribution in [2.24, 2.45) is 0 Å². The van der Waals surface area contributed by atoms with Crippen molar-refractivity contribution in [1.82, 2.24) is 10.3 Å². The van der Waals surface area contributed by atoms with Gasteiger partial charge in [0.05, 0.1) is 6.04 Å². The van der Waals surface area contributed by atoms with E-state index < -0.39 is 0 Å². The number of aromatic nitrogens is 1. The Hall–Kier alpha value is -1.42. The first-order valence-electron chi connectivity index (χ1n) is 5.59. The van der Waals surface area contributed by atoms with Gasteiger partial charge in [-0.15, -0.1) is 0 Å². The molecule has 2 rings (SSSR count). The second-order valence-electron chi connectivity index (χ2n) is 4.01. The van der Waals surface area contributed by atoms with Crippen LogP contribution in [0.2, 0.25) is 0 Å². The van der Waals surface area contributed by atoms with E-state index in [1.54, 1.807) is 12.4 Å². The molecule has 1 N–H and O–H groups in total. The van der Waals surface area contributed by atoms with Gasteiger partial charge in [0.2, 0.25) is 5.91 Å². The molecule has 1 aliphatic heterocycles. The molecule has 0 aliphatic carbocycles.